The molecule has 5 rings (SSSR count). The fourth-order valence-corrected chi connectivity index (χ4v) is 5.41. The summed E-state index contributed by atoms with van der Waals surface area (Å²) in [6, 6.07) is 7.80. The molecule has 1 fully saturated rings. The van der Waals surface area contributed by atoms with Crippen LogP contribution in [0.4, 0.5) is 5.82 Å². The van der Waals surface area contributed by atoms with Crippen molar-refractivity contribution in [2.24, 2.45) is 0 Å². The van der Waals surface area contributed by atoms with Gasteiger partial charge in [0.05, 0.1) is 12.3 Å². The quantitative estimate of drug-likeness (QED) is 0.347. The third-order valence-electron chi connectivity index (χ3n) is 6.49. The van der Waals surface area contributed by atoms with Crippen LogP contribution >= 0.6 is 11.3 Å². The molecule has 0 bridgehead atoms. The molecule has 0 radical (unpaired) electrons. The van der Waals surface area contributed by atoms with Gasteiger partial charge in [-0.15, -0.1) is 11.3 Å². The molecule has 37 heavy (non-hydrogen) atoms. The molecular weight excluding hydrogens is 492 g/mol. The van der Waals surface area contributed by atoms with E-state index in [-0.39, 0.29) is 18.0 Å². The average Bonchev–Trinajstić information content (AvgIpc) is 3.61. The van der Waals surface area contributed by atoms with Gasteiger partial charge in [-0.2, -0.15) is 4.98 Å². The van der Waals surface area contributed by atoms with E-state index in [1.54, 1.807) is 24.9 Å². The van der Waals surface area contributed by atoms with Gasteiger partial charge in [0.25, 0.3) is 5.91 Å². The molecule has 0 aliphatic carbocycles. The first-order valence-corrected chi connectivity index (χ1v) is 13.1. The number of hydrogen-bond acceptors (Lipinski definition) is 10. The highest BCUT2D eigenvalue weighted by atomic mass is 32.1. The zero-order chi connectivity index (χ0) is 26.1. The van der Waals surface area contributed by atoms with E-state index >= 15 is 0 Å². The second kappa shape index (κ2) is 10.3. The van der Waals surface area contributed by atoms with E-state index in [1.165, 1.54) is 0 Å². The minimum atomic E-state index is -0.428. The number of aryl methyl sites for hydroxylation is 2. The van der Waals surface area contributed by atoms with Gasteiger partial charge in [0.2, 0.25) is 11.7 Å². The highest BCUT2D eigenvalue weighted by Gasteiger charge is 2.36. The largest absolute Gasteiger partial charge is 0.461 e. The summed E-state index contributed by atoms with van der Waals surface area (Å²) in [5.41, 5.74) is 1.35. The minimum absolute atomic E-state index is 0.00632. The Labute approximate surface area is 218 Å². The number of aromatic nitrogens is 4. The van der Waals surface area contributed by atoms with Crippen LogP contribution in [0.25, 0.3) is 22.2 Å². The maximum Gasteiger partial charge on any atom is 0.350 e. The van der Waals surface area contributed by atoms with Crippen molar-refractivity contribution >= 4 is 39.8 Å². The van der Waals surface area contributed by atoms with Crippen molar-refractivity contribution in [3.8, 4) is 11.4 Å². The van der Waals surface area contributed by atoms with Gasteiger partial charge in [0, 0.05) is 42.7 Å². The molecule has 1 N–H and O–H groups in total. The number of rotatable bonds is 7. The van der Waals surface area contributed by atoms with Crippen molar-refractivity contribution in [3.63, 3.8) is 0 Å². The smallest absolute Gasteiger partial charge is 0.350 e. The number of esters is 1. The van der Waals surface area contributed by atoms with Gasteiger partial charge in [0.15, 0.2) is 5.01 Å². The Morgan fingerprint density at radius 1 is 1.24 bits per heavy atom. The lowest BCUT2D eigenvalue weighted by Crippen LogP contribution is -2.40. The topological polar surface area (TPSA) is 123 Å². The number of nitrogens with zero attached hydrogens (tertiary/aromatic N) is 5. The zero-order valence-corrected chi connectivity index (χ0v) is 22.0. The summed E-state index contributed by atoms with van der Waals surface area (Å²) in [4.78, 5) is 41.1. The van der Waals surface area contributed by atoms with Crippen molar-refractivity contribution in [1.82, 2.24) is 25.0 Å². The Morgan fingerprint density at radius 2 is 2.08 bits per heavy atom. The molecule has 1 aromatic carbocycles. The number of anilines is 1. The number of nitrogens with one attached hydrogen (secondary N) is 1. The fourth-order valence-electron chi connectivity index (χ4n) is 4.49. The van der Waals surface area contributed by atoms with Crippen LogP contribution in [0, 0.1) is 13.8 Å². The molecule has 10 nitrogen and oxygen atoms in total. The molecule has 11 heteroatoms. The number of pyridine rings is 1. The number of ether oxygens (including phenoxy) is 1. The third-order valence-corrected chi connectivity index (χ3v) is 7.62. The number of amides is 1. The number of likely N-dealkylation sites (tertiary alicyclic amines) is 1. The van der Waals surface area contributed by atoms with Gasteiger partial charge in [-0.3, -0.25) is 4.79 Å². The number of carbonyl (C=O) groups is 2. The molecular formula is C26H28N6O4S. The van der Waals surface area contributed by atoms with Crippen molar-refractivity contribution in [1.29, 1.82) is 0 Å². The molecule has 192 valence electrons. The summed E-state index contributed by atoms with van der Waals surface area (Å²) in [7, 11) is 0. The molecule has 0 spiro atoms. The van der Waals surface area contributed by atoms with Crippen molar-refractivity contribution in [2.45, 2.75) is 52.6 Å². The highest BCUT2D eigenvalue weighted by Crippen LogP contribution is 2.30. The van der Waals surface area contributed by atoms with Crippen LogP contribution in [0.5, 0.6) is 0 Å². The standard InChI is InChI=1S/C26H28N6O4S/c1-5-12-35-26(34)21-14(2)28-24(37-21)25(33)32-11-9-20(15(32)3)30-23-19-13-18(22-29-16(4)36-31-22)7-6-17(19)8-10-27-23/h6-8,10,13,15,20H,5,9,11-12H2,1-4H3,(H,27,30)/t15-,20+/m0/s1. The van der Waals surface area contributed by atoms with E-state index in [0.29, 0.717) is 40.4 Å². The van der Waals surface area contributed by atoms with Gasteiger partial charge in [0.1, 0.15) is 10.7 Å². The molecule has 1 saturated heterocycles. The summed E-state index contributed by atoms with van der Waals surface area (Å²) in [5.74, 6) is 1.15. The van der Waals surface area contributed by atoms with E-state index in [0.717, 1.165) is 46.3 Å². The van der Waals surface area contributed by atoms with Crippen LogP contribution < -0.4 is 5.32 Å². The molecule has 4 heterocycles. The lowest BCUT2D eigenvalue weighted by Gasteiger charge is -2.25. The Hall–Kier alpha value is -3.86. The number of benzene rings is 1. The number of fused-ring (bicyclic) bond motifs is 1. The molecule has 3 aromatic heterocycles. The van der Waals surface area contributed by atoms with Crippen molar-refractivity contribution < 1.29 is 18.8 Å². The van der Waals surface area contributed by atoms with Crippen LogP contribution in [0.2, 0.25) is 0 Å². The van der Waals surface area contributed by atoms with E-state index in [4.69, 9.17) is 9.26 Å². The predicted octanol–water partition coefficient (Wildman–Crippen LogP) is 4.64. The number of hydrogen-bond donors (Lipinski definition) is 1. The van der Waals surface area contributed by atoms with Gasteiger partial charge in [-0.1, -0.05) is 24.2 Å². The highest BCUT2D eigenvalue weighted by molar-refractivity contribution is 7.15. The van der Waals surface area contributed by atoms with Crippen molar-refractivity contribution in [2.75, 3.05) is 18.5 Å². The van der Waals surface area contributed by atoms with Crippen molar-refractivity contribution in [3.05, 3.63) is 51.9 Å². The number of carbonyl (C=O) groups excluding carboxylic acids is 2. The van der Waals surface area contributed by atoms with Crippen LogP contribution in [-0.2, 0) is 4.74 Å². The maximum absolute atomic E-state index is 13.3. The Bertz CT molecular complexity index is 1460. The minimum Gasteiger partial charge on any atom is -0.461 e. The van der Waals surface area contributed by atoms with Crippen LogP contribution in [0.3, 0.4) is 0 Å². The van der Waals surface area contributed by atoms with Gasteiger partial charge < -0.3 is 19.5 Å². The molecule has 4 aromatic rings. The van der Waals surface area contributed by atoms with E-state index in [9.17, 15) is 9.59 Å². The van der Waals surface area contributed by atoms with Crippen LogP contribution in [0.1, 0.15) is 57.7 Å². The van der Waals surface area contributed by atoms with Gasteiger partial charge >= 0.3 is 5.97 Å². The predicted molar refractivity (Wildman–Crippen MR) is 140 cm³/mol. The summed E-state index contributed by atoms with van der Waals surface area (Å²) in [5, 5.41) is 9.84. The lowest BCUT2D eigenvalue weighted by atomic mass is 10.1. The summed E-state index contributed by atoms with van der Waals surface area (Å²) >= 11 is 1.09. The average molecular weight is 521 g/mol. The lowest BCUT2D eigenvalue weighted by molar-refractivity contribution is 0.0509. The molecule has 0 unspecified atom stereocenters. The Morgan fingerprint density at radius 3 is 2.84 bits per heavy atom. The van der Waals surface area contributed by atoms with Crippen LogP contribution in [0.15, 0.2) is 35.0 Å². The maximum atomic E-state index is 13.3. The molecule has 2 atom stereocenters. The van der Waals surface area contributed by atoms with Gasteiger partial charge in [-0.25, -0.2) is 14.8 Å². The molecule has 0 saturated carbocycles. The first-order chi connectivity index (χ1) is 17.9. The molecule has 1 aliphatic rings. The van der Waals surface area contributed by atoms with E-state index in [2.05, 4.69) is 25.4 Å². The monoisotopic (exact) mass is 520 g/mol. The second-order valence-electron chi connectivity index (χ2n) is 9.08. The Kier molecular flexibility index (Phi) is 6.88. The molecule has 1 amide bonds. The molecule has 1 aliphatic heterocycles. The first kappa shape index (κ1) is 24.8. The second-order valence-corrected chi connectivity index (χ2v) is 10.1. The summed E-state index contributed by atoms with van der Waals surface area (Å²) in [6.07, 6.45) is 3.26. The first-order valence-electron chi connectivity index (χ1n) is 12.3. The normalized spacial score (nSPS) is 17.4. The van der Waals surface area contributed by atoms with Crippen LogP contribution in [-0.4, -0.2) is 62.1 Å². The number of thiazole rings is 1. The summed E-state index contributed by atoms with van der Waals surface area (Å²) in [6.45, 7) is 8.34. The Balaban J connectivity index is 1.34. The third kappa shape index (κ3) is 4.91. The zero-order valence-electron chi connectivity index (χ0n) is 21.1. The summed E-state index contributed by atoms with van der Waals surface area (Å²) < 4.78 is 10.4. The van der Waals surface area contributed by atoms with E-state index < -0.39 is 5.97 Å². The van der Waals surface area contributed by atoms with E-state index in [1.807, 2.05) is 38.1 Å². The SMILES string of the molecule is CCCOC(=O)c1sc(C(=O)N2CC[C@@H](Nc3nccc4ccc(-c5noc(C)n5)cc34)[C@@H]2C)nc1C. The van der Waals surface area contributed by atoms with Gasteiger partial charge in [-0.05, 0) is 44.2 Å². The fraction of sp³-hybridized carbons (Fsp3) is 0.385.